The number of hydrogen-bond acceptors (Lipinski definition) is 5. The van der Waals surface area contributed by atoms with E-state index in [4.69, 9.17) is 4.74 Å². The van der Waals surface area contributed by atoms with Crippen molar-refractivity contribution in [3.8, 4) is 11.4 Å². The van der Waals surface area contributed by atoms with E-state index in [1.165, 1.54) is 0 Å². The van der Waals surface area contributed by atoms with E-state index in [0.29, 0.717) is 18.2 Å². The lowest BCUT2D eigenvalue weighted by atomic mass is 10.1. The van der Waals surface area contributed by atoms with Gasteiger partial charge in [-0.1, -0.05) is 13.8 Å². The van der Waals surface area contributed by atoms with Gasteiger partial charge in [-0.05, 0) is 47.0 Å². The van der Waals surface area contributed by atoms with E-state index in [1.807, 2.05) is 38.1 Å². The zero-order valence-electron chi connectivity index (χ0n) is 11.3. The van der Waals surface area contributed by atoms with Crippen LogP contribution in [0.5, 0.6) is 5.75 Å². The molecule has 0 saturated heterocycles. The van der Waals surface area contributed by atoms with Crippen molar-refractivity contribution in [2.24, 2.45) is 5.92 Å². The predicted molar refractivity (Wildman–Crippen MR) is 70.1 cm³/mol. The highest BCUT2D eigenvalue weighted by Gasteiger charge is 2.18. The molecule has 6 nitrogen and oxygen atoms in total. The van der Waals surface area contributed by atoms with Gasteiger partial charge in [0.25, 0.3) is 0 Å². The summed E-state index contributed by atoms with van der Waals surface area (Å²) in [6, 6.07) is 7.35. The number of hydrogen-bond donors (Lipinski definition) is 1. The number of aliphatic hydroxyl groups excluding tert-OH is 1. The van der Waals surface area contributed by atoms with Crippen LogP contribution in [0.3, 0.4) is 0 Å². The van der Waals surface area contributed by atoms with E-state index >= 15 is 0 Å². The van der Waals surface area contributed by atoms with Gasteiger partial charge in [0, 0.05) is 0 Å². The SMILES string of the molecule is COc1ccc(-n2nnnc2[C@@H](O)CC(C)C)cc1. The van der Waals surface area contributed by atoms with E-state index in [1.54, 1.807) is 11.8 Å². The van der Waals surface area contributed by atoms with Crippen LogP contribution in [0.15, 0.2) is 24.3 Å². The molecule has 1 heterocycles. The number of nitrogens with zero attached hydrogens (tertiary/aromatic N) is 4. The first-order valence-corrected chi connectivity index (χ1v) is 6.22. The molecular formula is C13H18N4O2. The topological polar surface area (TPSA) is 73.1 Å². The van der Waals surface area contributed by atoms with Crippen molar-refractivity contribution in [2.45, 2.75) is 26.4 Å². The average molecular weight is 262 g/mol. The fourth-order valence-corrected chi connectivity index (χ4v) is 1.86. The maximum Gasteiger partial charge on any atom is 0.185 e. The van der Waals surface area contributed by atoms with Gasteiger partial charge in [-0.15, -0.1) is 5.10 Å². The standard InChI is InChI=1S/C13H18N4O2/c1-9(2)8-12(18)13-14-15-16-17(13)10-4-6-11(19-3)7-5-10/h4-7,9,12,18H,8H2,1-3H3/t12-/m0/s1. The second kappa shape index (κ2) is 5.79. The fourth-order valence-electron chi connectivity index (χ4n) is 1.86. The van der Waals surface area contributed by atoms with Gasteiger partial charge in [-0.3, -0.25) is 0 Å². The Morgan fingerprint density at radius 3 is 2.53 bits per heavy atom. The number of tetrazole rings is 1. The van der Waals surface area contributed by atoms with Crippen LogP contribution in [0.4, 0.5) is 0 Å². The van der Waals surface area contributed by atoms with E-state index in [2.05, 4.69) is 15.5 Å². The molecule has 1 aromatic carbocycles. The van der Waals surface area contributed by atoms with Crippen molar-refractivity contribution in [2.75, 3.05) is 7.11 Å². The van der Waals surface area contributed by atoms with Crippen molar-refractivity contribution in [3.63, 3.8) is 0 Å². The molecule has 0 saturated carbocycles. The number of aromatic nitrogens is 4. The van der Waals surface area contributed by atoms with Crippen LogP contribution in [0.1, 0.15) is 32.2 Å². The minimum absolute atomic E-state index is 0.371. The summed E-state index contributed by atoms with van der Waals surface area (Å²) in [5.41, 5.74) is 0.795. The molecule has 19 heavy (non-hydrogen) atoms. The van der Waals surface area contributed by atoms with Gasteiger partial charge in [-0.25, -0.2) is 0 Å². The first-order valence-electron chi connectivity index (χ1n) is 6.22. The molecule has 0 amide bonds. The highest BCUT2D eigenvalue weighted by atomic mass is 16.5. The normalized spacial score (nSPS) is 12.7. The lowest BCUT2D eigenvalue weighted by molar-refractivity contribution is 0.139. The monoisotopic (exact) mass is 262 g/mol. The van der Waals surface area contributed by atoms with Crippen molar-refractivity contribution < 1.29 is 9.84 Å². The van der Waals surface area contributed by atoms with E-state index < -0.39 is 6.10 Å². The van der Waals surface area contributed by atoms with Crippen molar-refractivity contribution >= 4 is 0 Å². The van der Waals surface area contributed by atoms with Gasteiger partial charge in [0.1, 0.15) is 11.9 Å². The Balaban J connectivity index is 2.27. The Morgan fingerprint density at radius 1 is 1.26 bits per heavy atom. The third-order valence-electron chi connectivity index (χ3n) is 2.80. The van der Waals surface area contributed by atoms with E-state index in [9.17, 15) is 5.11 Å². The van der Waals surface area contributed by atoms with Gasteiger partial charge in [0.15, 0.2) is 5.82 Å². The third-order valence-corrected chi connectivity index (χ3v) is 2.80. The Kier molecular flexibility index (Phi) is 4.11. The summed E-state index contributed by atoms with van der Waals surface area (Å²) in [6.45, 7) is 4.09. The molecule has 1 N–H and O–H groups in total. The van der Waals surface area contributed by atoms with Gasteiger partial charge >= 0.3 is 0 Å². The molecule has 0 aliphatic heterocycles. The molecule has 6 heteroatoms. The van der Waals surface area contributed by atoms with Crippen molar-refractivity contribution in [1.82, 2.24) is 20.2 Å². The second-order valence-corrected chi connectivity index (χ2v) is 4.79. The molecule has 0 spiro atoms. The van der Waals surface area contributed by atoms with Gasteiger partial charge in [-0.2, -0.15) is 4.68 Å². The summed E-state index contributed by atoms with van der Waals surface area (Å²) in [6.07, 6.45) is -0.0478. The van der Waals surface area contributed by atoms with Gasteiger partial charge in [0.2, 0.25) is 0 Å². The fraction of sp³-hybridized carbons (Fsp3) is 0.462. The highest BCUT2D eigenvalue weighted by molar-refractivity contribution is 5.37. The summed E-state index contributed by atoms with van der Waals surface area (Å²) < 4.78 is 6.65. The molecular weight excluding hydrogens is 244 g/mol. The van der Waals surface area contributed by atoms with Crippen LogP contribution < -0.4 is 4.74 Å². The lowest BCUT2D eigenvalue weighted by Gasteiger charge is -2.12. The smallest absolute Gasteiger partial charge is 0.185 e. The molecule has 0 bridgehead atoms. The van der Waals surface area contributed by atoms with Crippen LogP contribution in [0, 0.1) is 5.92 Å². The number of ether oxygens (including phenoxy) is 1. The zero-order chi connectivity index (χ0) is 13.8. The number of rotatable bonds is 5. The zero-order valence-corrected chi connectivity index (χ0v) is 11.3. The van der Waals surface area contributed by atoms with Crippen LogP contribution in [0.2, 0.25) is 0 Å². The number of benzene rings is 1. The Labute approximate surface area is 112 Å². The van der Waals surface area contributed by atoms with E-state index in [0.717, 1.165) is 11.4 Å². The van der Waals surface area contributed by atoms with Crippen LogP contribution >= 0.6 is 0 Å². The Hall–Kier alpha value is -1.95. The average Bonchev–Trinajstić information content (AvgIpc) is 2.87. The molecule has 0 aliphatic carbocycles. The van der Waals surface area contributed by atoms with Crippen LogP contribution in [-0.4, -0.2) is 32.4 Å². The van der Waals surface area contributed by atoms with Gasteiger partial charge < -0.3 is 9.84 Å². The van der Waals surface area contributed by atoms with E-state index in [-0.39, 0.29) is 0 Å². The summed E-state index contributed by atoms with van der Waals surface area (Å²) >= 11 is 0. The highest BCUT2D eigenvalue weighted by Crippen LogP contribution is 2.21. The largest absolute Gasteiger partial charge is 0.497 e. The Bertz CT molecular complexity index is 522. The summed E-state index contributed by atoms with van der Waals surface area (Å²) in [7, 11) is 1.61. The molecule has 2 rings (SSSR count). The number of aliphatic hydroxyl groups is 1. The predicted octanol–water partition coefficient (Wildman–Crippen LogP) is 1.75. The first-order chi connectivity index (χ1) is 9.11. The summed E-state index contributed by atoms with van der Waals surface area (Å²) in [5, 5.41) is 21.6. The second-order valence-electron chi connectivity index (χ2n) is 4.79. The van der Waals surface area contributed by atoms with Crippen molar-refractivity contribution in [1.29, 1.82) is 0 Å². The van der Waals surface area contributed by atoms with Crippen molar-refractivity contribution in [3.05, 3.63) is 30.1 Å². The minimum Gasteiger partial charge on any atom is -0.497 e. The lowest BCUT2D eigenvalue weighted by Crippen LogP contribution is -2.10. The van der Waals surface area contributed by atoms with Gasteiger partial charge in [0.05, 0.1) is 12.8 Å². The van der Waals surface area contributed by atoms with Crippen LogP contribution in [0.25, 0.3) is 5.69 Å². The molecule has 1 atom stereocenters. The number of methoxy groups -OCH3 is 1. The summed E-state index contributed by atoms with van der Waals surface area (Å²) in [5.74, 6) is 1.59. The molecule has 102 valence electrons. The summed E-state index contributed by atoms with van der Waals surface area (Å²) in [4.78, 5) is 0. The Morgan fingerprint density at radius 2 is 1.95 bits per heavy atom. The maximum absolute atomic E-state index is 10.1. The molecule has 0 radical (unpaired) electrons. The molecule has 1 aromatic heterocycles. The first kappa shape index (κ1) is 13.5. The van der Waals surface area contributed by atoms with Crippen LogP contribution in [-0.2, 0) is 0 Å². The molecule has 0 unspecified atom stereocenters. The molecule has 0 aliphatic rings. The quantitative estimate of drug-likeness (QED) is 0.888. The molecule has 2 aromatic rings. The third kappa shape index (κ3) is 3.08. The minimum atomic E-state index is -0.669. The maximum atomic E-state index is 10.1. The molecule has 0 fully saturated rings.